The first-order chi connectivity index (χ1) is 12.1. The average molecular weight is 400 g/mol. The molecule has 1 N–H and O–H groups in total. The third kappa shape index (κ3) is 5.07. The molecule has 0 aromatic heterocycles. The van der Waals surface area contributed by atoms with Crippen LogP contribution in [0.3, 0.4) is 0 Å². The Balaban J connectivity index is 1.70. The van der Waals surface area contributed by atoms with Gasteiger partial charge in [-0.05, 0) is 60.5 Å². The maximum atomic E-state index is 13.0. The number of rotatable bonds is 6. The van der Waals surface area contributed by atoms with Gasteiger partial charge in [0.2, 0.25) is 0 Å². The molecule has 0 bridgehead atoms. The van der Waals surface area contributed by atoms with E-state index in [1.807, 2.05) is 30.3 Å². The van der Waals surface area contributed by atoms with Gasteiger partial charge in [-0.2, -0.15) is 0 Å². The van der Waals surface area contributed by atoms with Gasteiger partial charge in [-0.25, -0.2) is 4.39 Å². The van der Waals surface area contributed by atoms with E-state index < -0.39 is 0 Å². The van der Waals surface area contributed by atoms with Gasteiger partial charge in [0.1, 0.15) is 18.2 Å². The van der Waals surface area contributed by atoms with Gasteiger partial charge in [0, 0.05) is 22.3 Å². The minimum Gasteiger partial charge on any atom is -0.489 e. The number of aryl methyl sites for hydroxylation is 1. The van der Waals surface area contributed by atoms with Crippen LogP contribution in [-0.2, 0) is 13.2 Å². The van der Waals surface area contributed by atoms with Gasteiger partial charge in [0.25, 0.3) is 0 Å². The lowest BCUT2D eigenvalue weighted by Gasteiger charge is -2.14. The van der Waals surface area contributed by atoms with Crippen molar-refractivity contribution in [2.45, 2.75) is 20.1 Å². The molecule has 0 fully saturated rings. The molecule has 2 nitrogen and oxygen atoms in total. The molecule has 3 rings (SSSR count). The van der Waals surface area contributed by atoms with Crippen LogP contribution in [-0.4, -0.2) is 0 Å². The van der Waals surface area contributed by atoms with Crippen molar-refractivity contribution in [3.05, 3.63) is 93.7 Å². The summed E-state index contributed by atoms with van der Waals surface area (Å²) in [5, 5.41) is 3.42. The van der Waals surface area contributed by atoms with E-state index in [-0.39, 0.29) is 5.82 Å². The first-order valence-electron chi connectivity index (χ1n) is 8.06. The fourth-order valence-corrected chi connectivity index (χ4v) is 2.93. The predicted molar refractivity (Wildman–Crippen MR) is 103 cm³/mol. The van der Waals surface area contributed by atoms with Crippen LogP contribution in [0.2, 0.25) is 0 Å². The van der Waals surface area contributed by atoms with Gasteiger partial charge in [-0.15, -0.1) is 0 Å². The molecule has 0 radical (unpaired) electrons. The highest BCUT2D eigenvalue weighted by atomic mass is 79.9. The van der Waals surface area contributed by atoms with Crippen LogP contribution >= 0.6 is 15.9 Å². The van der Waals surface area contributed by atoms with E-state index in [2.05, 4.69) is 40.3 Å². The summed E-state index contributed by atoms with van der Waals surface area (Å²) < 4.78 is 19.9. The van der Waals surface area contributed by atoms with Crippen LogP contribution in [0.15, 0.2) is 71.2 Å². The summed E-state index contributed by atoms with van der Waals surface area (Å²) in [6.07, 6.45) is 0. The summed E-state index contributed by atoms with van der Waals surface area (Å²) in [6.45, 7) is 3.13. The van der Waals surface area contributed by atoms with Gasteiger partial charge < -0.3 is 10.1 Å². The van der Waals surface area contributed by atoms with E-state index in [0.29, 0.717) is 13.2 Å². The van der Waals surface area contributed by atoms with Crippen molar-refractivity contribution in [3.8, 4) is 5.75 Å². The van der Waals surface area contributed by atoms with E-state index in [1.54, 1.807) is 12.1 Å². The van der Waals surface area contributed by atoms with E-state index in [9.17, 15) is 4.39 Å². The number of ether oxygens (including phenoxy) is 1. The Hall–Kier alpha value is -2.33. The molecule has 0 aliphatic carbocycles. The predicted octanol–water partition coefficient (Wildman–Crippen LogP) is 6.09. The Labute approximate surface area is 155 Å². The van der Waals surface area contributed by atoms with Gasteiger partial charge in [-0.1, -0.05) is 40.2 Å². The van der Waals surface area contributed by atoms with E-state index >= 15 is 0 Å². The smallest absolute Gasteiger partial charge is 0.124 e. The average Bonchev–Trinajstić information content (AvgIpc) is 2.60. The molecule has 0 amide bonds. The zero-order valence-electron chi connectivity index (χ0n) is 13.9. The summed E-state index contributed by atoms with van der Waals surface area (Å²) in [5.41, 5.74) is 4.27. The second kappa shape index (κ2) is 8.17. The Morgan fingerprint density at radius 2 is 1.80 bits per heavy atom. The van der Waals surface area contributed by atoms with Crippen LogP contribution < -0.4 is 10.1 Å². The highest BCUT2D eigenvalue weighted by Crippen LogP contribution is 2.25. The summed E-state index contributed by atoms with van der Waals surface area (Å²) in [6, 6.07) is 20.6. The van der Waals surface area contributed by atoms with Crippen molar-refractivity contribution in [3.63, 3.8) is 0 Å². The van der Waals surface area contributed by atoms with Crippen molar-refractivity contribution in [1.29, 1.82) is 0 Å². The van der Waals surface area contributed by atoms with Gasteiger partial charge in [0.15, 0.2) is 0 Å². The molecule has 0 unspecified atom stereocenters. The van der Waals surface area contributed by atoms with Crippen molar-refractivity contribution in [2.24, 2.45) is 0 Å². The number of hydrogen-bond donors (Lipinski definition) is 1. The number of halogens is 2. The van der Waals surface area contributed by atoms with Crippen LogP contribution in [0, 0.1) is 12.7 Å². The molecule has 0 saturated heterocycles. The molecule has 25 heavy (non-hydrogen) atoms. The second-order valence-electron chi connectivity index (χ2n) is 5.89. The molecule has 3 aromatic carbocycles. The molecule has 3 aromatic rings. The topological polar surface area (TPSA) is 21.3 Å². The zero-order valence-corrected chi connectivity index (χ0v) is 15.5. The number of hydrogen-bond acceptors (Lipinski definition) is 2. The first-order valence-corrected chi connectivity index (χ1v) is 8.86. The molecular weight excluding hydrogens is 381 g/mol. The fourth-order valence-electron chi connectivity index (χ4n) is 2.52. The zero-order chi connectivity index (χ0) is 17.6. The lowest BCUT2D eigenvalue weighted by atomic mass is 10.1. The molecule has 0 saturated carbocycles. The Kier molecular flexibility index (Phi) is 5.71. The lowest BCUT2D eigenvalue weighted by molar-refractivity contribution is 0.303. The van der Waals surface area contributed by atoms with E-state index in [0.717, 1.165) is 27.0 Å². The van der Waals surface area contributed by atoms with Crippen molar-refractivity contribution >= 4 is 21.6 Å². The maximum Gasteiger partial charge on any atom is 0.124 e. The van der Waals surface area contributed by atoms with Crippen LogP contribution in [0.1, 0.15) is 16.7 Å². The Morgan fingerprint density at radius 1 is 1.00 bits per heavy atom. The highest BCUT2D eigenvalue weighted by molar-refractivity contribution is 9.10. The van der Waals surface area contributed by atoms with Crippen LogP contribution in [0.25, 0.3) is 0 Å². The van der Waals surface area contributed by atoms with Crippen LogP contribution in [0.5, 0.6) is 5.75 Å². The molecule has 0 aliphatic rings. The van der Waals surface area contributed by atoms with Crippen molar-refractivity contribution < 1.29 is 9.13 Å². The Morgan fingerprint density at radius 3 is 2.56 bits per heavy atom. The fraction of sp³-hybridized carbons (Fsp3) is 0.143. The third-order valence-electron chi connectivity index (χ3n) is 3.83. The number of nitrogens with one attached hydrogen (secondary N) is 1. The van der Waals surface area contributed by atoms with E-state index in [1.165, 1.54) is 17.7 Å². The minimum absolute atomic E-state index is 0.240. The minimum atomic E-state index is -0.240. The molecule has 0 aliphatic heterocycles. The second-order valence-corrected chi connectivity index (χ2v) is 6.81. The Bertz CT molecular complexity index is 849. The maximum absolute atomic E-state index is 13.0. The summed E-state index contributed by atoms with van der Waals surface area (Å²) in [4.78, 5) is 0. The third-order valence-corrected chi connectivity index (χ3v) is 4.32. The highest BCUT2D eigenvalue weighted by Gasteiger charge is 2.06. The molecule has 128 valence electrons. The van der Waals surface area contributed by atoms with Crippen molar-refractivity contribution in [2.75, 3.05) is 5.32 Å². The number of benzene rings is 3. The summed E-state index contributed by atoms with van der Waals surface area (Å²) >= 11 is 3.51. The largest absolute Gasteiger partial charge is 0.489 e. The van der Waals surface area contributed by atoms with Gasteiger partial charge in [0.05, 0.1) is 0 Å². The van der Waals surface area contributed by atoms with Crippen molar-refractivity contribution in [1.82, 2.24) is 0 Å². The normalized spacial score (nSPS) is 10.5. The standard InChI is InChI=1S/C21H19BrFNO/c1-15-3-2-4-20(11-15)24-13-17-12-18(22)7-10-21(17)25-14-16-5-8-19(23)9-6-16/h2-12,24H,13-14H2,1H3. The van der Waals surface area contributed by atoms with Crippen LogP contribution in [0.4, 0.5) is 10.1 Å². The lowest BCUT2D eigenvalue weighted by Crippen LogP contribution is -2.04. The molecule has 4 heteroatoms. The molecular formula is C21H19BrFNO. The molecule has 0 spiro atoms. The first kappa shape index (κ1) is 17.5. The summed E-state index contributed by atoms with van der Waals surface area (Å²) in [7, 11) is 0. The SMILES string of the molecule is Cc1cccc(NCc2cc(Br)ccc2OCc2ccc(F)cc2)c1. The van der Waals surface area contributed by atoms with Gasteiger partial charge >= 0.3 is 0 Å². The van der Waals surface area contributed by atoms with E-state index in [4.69, 9.17) is 4.74 Å². The quantitative estimate of drug-likeness (QED) is 0.541. The molecule has 0 atom stereocenters. The molecule has 0 heterocycles. The number of anilines is 1. The monoisotopic (exact) mass is 399 g/mol. The summed E-state index contributed by atoms with van der Waals surface area (Å²) in [5.74, 6) is 0.572. The van der Waals surface area contributed by atoms with Gasteiger partial charge in [-0.3, -0.25) is 0 Å².